The molecule has 1 aliphatic heterocycles. The van der Waals surface area contributed by atoms with E-state index in [0.717, 1.165) is 6.07 Å². The van der Waals surface area contributed by atoms with Gasteiger partial charge in [0, 0.05) is 17.5 Å². The number of carbonyl (C=O) groups is 2. The van der Waals surface area contributed by atoms with Crippen molar-refractivity contribution in [1.82, 2.24) is 4.90 Å². The predicted molar refractivity (Wildman–Crippen MR) is 77.2 cm³/mol. The number of urea groups is 1. The first kappa shape index (κ1) is 15.4. The molecule has 1 saturated heterocycles. The lowest BCUT2D eigenvalue weighted by Gasteiger charge is -2.21. The second-order valence-electron chi connectivity index (χ2n) is 4.33. The van der Waals surface area contributed by atoms with E-state index in [1.165, 1.54) is 28.8 Å². The highest BCUT2D eigenvalue weighted by molar-refractivity contribution is 7.99. The van der Waals surface area contributed by atoms with Crippen LogP contribution in [0.5, 0.6) is 5.75 Å². The quantitative estimate of drug-likeness (QED) is 0.891. The van der Waals surface area contributed by atoms with E-state index in [4.69, 9.17) is 9.84 Å². The topological polar surface area (TPSA) is 78.9 Å². The van der Waals surface area contributed by atoms with E-state index < -0.39 is 23.9 Å². The van der Waals surface area contributed by atoms with Crippen LogP contribution in [0.3, 0.4) is 0 Å². The number of anilines is 1. The average Bonchev–Trinajstić information content (AvgIpc) is 2.91. The fourth-order valence-corrected chi connectivity index (χ4v) is 3.04. The molecule has 2 amide bonds. The minimum Gasteiger partial charge on any atom is -0.491 e. The zero-order chi connectivity index (χ0) is 15.4. The number of hydrogen-bond donors (Lipinski definition) is 2. The number of carbonyl (C=O) groups excluding carboxylic acids is 1. The zero-order valence-corrected chi connectivity index (χ0v) is 12.2. The van der Waals surface area contributed by atoms with Crippen molar-refractivity contribution < 1.29 is 23.8 Å². The molecule has 1 unspecified atom stereocenters. The van der Waals surface area contributed by atoms with Crippen LogP contribution in [-0.4, -0.2) is 46.3 Å². The minimum absolute atomic E-state index is 0.107. The SMILES string of the molecule is CCOc1ccc(NC(=O)N2CSCC2C(=O)O)cc1F. The van der Waals surface area contributed by atoms with Crippen LogP contribution in [-0.2, 0) is 4.79 Å². The van der Waals surface area contributed by atoms with Crippen molar-refractivity contribution in [2.24, 2.45) is 0 Å². The van der Waals surface area contributed by atoms with Gasteiger partial charge in [-0.05, 0) is 19.1 Å². The van der Waals surface area contributed by atoms with E-state index in [-0.39, 0.29) is 11.4 Å². The number of nitrogens with one attached hydrogen (secondary N) is 1. The van der Waals surface area contributed by atoms with Crippen LogP contribution >= 0.6 is 11.8 Å². The van der Waals surface area contributed by atoms with Gasteiger partial charge in [-0.15, -0.1) is 11.8 Å². The number of halogens is 1. The largest absolute Gasteiger partial charge is 0.491 e. The Balaban J connectivity index is 2.06. The second kappa shape index (κ2) is 6.66. The van der Waals surface area contributed by atoms with Crippen molar-refractivity contribution in [3.05, 3.63) is 24.0 Å². The fraction of sp³-hybridized carbons (Fsp3) is 0.385. The van der Waals surface area contributed by atoms with Crippen molar-refractivity contribution in [3.8, 4) is 5.75 Å². The zero-order valence-electron chi connectivity index (χ0n) is 11.3. The van der Waals surface area contributed by atoms with E-state index in [1.807, 2.05) is 0 Å². The third-order valence-corrected chi connectivity index (χ3v) is 3.92. The lowest BCUT2D eigenvalue weighted by Crippen LogP contribution is -2.43. The van der Waals surface area contributed by atoms with Gasteiger partial charge in [-0.25, -0.2) is 14.0 Å². The van der Waals surface area contributed by atoms with Crippen molar-refractivity contribution >= 4 is 29.4 Å². The number of thioether (sulfide) groups is 1. The monoisotopic (exact) mass is 314 g/mol. The molecule has 0 aliphatic carbocycles. The maximum atomic E-state index is 13.7. The molecule has 8 heteroatoms. The highest BCUT2D eigenvalue weighted by Gasteiger charge is 2.34. The van der Waals surface area contributed by atoms with E-state index in [0.29, 0.717) is 18.2 Å². The third-order valence-electron chi connectivity index (χ3n) is 2.91. The summed E-state index contributed by atoms with van der Waals surface area (Å²) in [6.07, 6.45) is 0. The summed E-state index contributed by atoms with van der Waals surface area (Å²) < 4.78 is 18.7. The Morgan fingerprint density at radius 1 is 1.57 bits per heavy atom. The summed E-state index contributed by atoms with van der Waals surface area (Å²) in [7, 11) is 0. The van der Waals surface area contributed by atoms with Gasteiger partial charge in [0.1, 0.15) is 6.04 Å². The molecular weight excluding hydrogens is 299 g/mol. The van der Waals surface area contributed by atoms with Crippen molar-refractivity contribution in [3.63, 3.8) is 0 Å². The Kier molecular flexibility index (Phi) is 4.89. The fourth-order valence-electron chi connectivity index (χ4n) is 1.89. The molecule has 0 saturated carbocycles. The number of benzene rings is 1. The summed E-state index contributed by atoms with van der Waals surface area (Å²) in [5, 5.41) is 11.5. The van der Waals surface area contributed by atoms with Gasteiger partial charge in [-0.2, -0.15) is 0 Å². The standard InChI is InChI=1S/C13H15FN2O4S/c1-2-20-11-4-3-8(5-9(11)14)15-13(19)16-7-21-6-10(16)12(17)18/h3-5,10H,2,6-7H2,1H3,(H,15,19)(H,17,18). The van der Waals surface area contributed by atoms with Gasteiger partial charge >= 0.3 is 12.0 Å². The Hall–Kier alpha value is -1.96. The summed E-state index contributed by atoms with van der Waals surface area (Å²) in [4.78, 5) is 24.3. The van der Waals surface area contributed by atoms with Gasteiger partial charge < -0.3 is 20.1 Å². The van der Waals surface area contributed by atoms with Crippen LogP contribution < -0.4 is 10.1 Å². The molecule has 0 aromatic heterocycles. The van der Waals surface area contributed by atoms with Gasteiger partial charge in [-0.3, -0.25) is 0 Å². The maximum absolute atomic E-state index is 13.7. The van der Waals surface area contributed by atoms with Gasteiger partial charge in [-0.1, -0.05) is 0 Å². The number of nitrogens with zero attached hydrogens (tertiary/aromatic N) is 1. The molecule has 1 aliphatic rings. The first-order chi connectivity index (χ1) is 10.0. The molecule has 2 N–H and O–H groups in total. The van der Waals surface area contributed by atoms with Crippen LogP contribution in [0.15, 0.2) is 18.2 Å². The van der Waals surface area contributed by atoms with E-state index in [1.54, 1.807) is 6.92 Å². The van der Waals surface area contributed by atoms with Crippen LogP contribution in [0.2, 0.25) is 0 Å². The highest BCUT2D eigenvalue weighted by Crippen LogP contribution is 2.24. The van der Waals surface area contributed by atoms with E-state index >= 15 is 0 Å². The van der Waals surface area contributed by atoms with Gasteiger partial charge in [0.05, 0.1) is 12.5 Å². The molecule has 1 atom stereocenters. The first-order valence-electron chi connectivity index (χ1n) is 6.33. The number of amides is 2. The van der Waals surface area contributed by atoms with Crippen molar-refractivity contribution in [2.45, 2.75) is 13.0 Å². The lowest BCUT2D eigenvalue weighted by atomic mass is 10.3. The maximum Gasteiger partial charge on any atom is 0.327 e. The molecular formula is C13H15FN2O4S. The molecule has 1 aromatic carbocycles. The molecule has 21 heavy (non-hydrogen) atoms. The Labute approximate surface area is 125 Å². The Bertz CT molecular complexity index is 555. The van der Waals surface area contributed by atoms with Crippen LogP contribution in [0.25, 0.3) is 0 Å². The summed E-state index contributed by atoms with van der Waals surface area (Å²) in [6, 6.07) is 2.65. The molecule has 0 radical (unpaired) electrons. The number of aliphatic carboxylic acids is 1. The van der Waals surface area contributed by atoms with E-state index in [2.05, 4.69) is 5.32 Å². The van der Waals surface area contributed by atoms with Gasteiger partial charge in [0.15, 0.2) is 11.6 Å². The summed E-state index contributed by atoms with van der Waals surface area (Å²) in [5.41, 5.74) is 0.252. The molecule has 6 nitrogen and oxygen atoms in total. The van der Waals surface area contributed by atoms with Crippen LogP contribution in [0, 0.1) is 5.82 Å². The average molecular weight is 314 g/mol. The predicted octanol–water partition coefficient (Wildman–Crippen LogP) is 2.22. The summed E-state index contributed by atoms with van der Waals surface area (Å²) in [6.45, 7) is 2.08. The summed E-state index contributed by atoms with van der Waals surface area (Å²) in [5.74, 6) is -0.883. The first-order valence-corrected chi connectivity index (χ1v) is 7.49. The van der Waals surface area contributed by atoms with Crippen molar-refractivity contribution in [1.29, 1.82) is 0 Å². The summed E-state index contributed by atoms with van der Waals surface area (Å²) >= 11 is 1.36. The number of carboxylic acid groups (broad SMARTS) is 1. The molecule has 1 aromatic rings. The smallest absolute Gasteiger partial charge is 0.327 e. The van der Waals surface area contributed by atoms with Crippen molar-refractivity contribution in [2.75, 3.05) is 23.6 Å². The minimum atomic E-state index is -1.05. The van der Waals surface area contributed by atoms with Crippen LogP contribution in [0.1, 0.15) is 6.92 Å². The molecule has 114 valence electrons. The molecule has 1 fully saturated rings. The number of hydrogen-bond acceptors (Lipinski definition) is 4. The highest BCUT2D eigenvalue weighted by atomic mass is 32.2. The third kappa shape index (κ3) is 3.57. The Morgan fingerprint density at radius 2 is 2.33 bits per heavy atom. The van der Waals surface area contributed by atoms with Gasteiger partial charge in [0.2, 0.25) is 0 Å². The second-order valence-corrected chi connectivity index (χ2v) is 5.33. The van der Waals surface area contributed by atoms with Gasteiger partial charge in [0.25, 0.3) is 0 Å². The molecule has 2 rings (SSSR count). The lowest BCUT2D eigenvalue weighted by molar-refractivity contribution is -0.140. The molecule has 1 heterocycles. The molecule has 0 spiro atoms. The Morgan fingerprint density at radius 3 is 2.95 bits per heavy atom. The van der Waals surface area contributed by atoms with Crippen LogP contribution in [0.4, 0.5) is 14.9 Å². The molecule has 0 bridgehead atoms. The number of ether oxygens (including phenoxy) is 1. The van der Waals surface area contributed by atoms with E-state index in [9.17, 15) is 14.0 Å². The number of rotatable bonds is 4. The normalized spacial score (nSPS) is 17.6. The number of carboxylic acids is 1.